The molecule has 25 heavy (non-hydrogen) atoms. The number of hydrogen-bond donors (Lipinski definition) is 2. The average Bonchev–Trinajstić information content (AvgIpc) is 2.55. The second kappa shape index (κ2) is 9.24. The summed E-state index contributed by atoms with van der Waals surface area (Å²) < 4.78 is 12.0. The largest absolute Gasteiger partial charge is 0.493 e. The van der Waals surface area contributed by atoms with E-state index in [1.54, 1.807) is 37.6 Å². The number of thiocarbonyl (C=S) groups is 1. The van der Waals surface area contributed by atoms with Gasteiger partial charge in [-0.25, -0.2) is 0 Å². The molecule has 0 aliphatic carbocycles. The molecule has 132 valence electrons. The van der Waals surface area contributed by atoms with Gasteiger partial charge in [-0.05, 0) is 52.4 Å². The van der Waals surface area contributed by atoms with Crippen LogP contribution in [0.1, 0.15) is 11.1 Å². The third-order valence-electron chi connectivity index (χ3n) is 3.06. The van der Waals surface area contributed by atoms with Gasteiger partial charge in [0, 0.05) is 25.6 Å². The molecule has 0 spiro atoms. The highest BCUT2D eigenvalue weighted by Gasteiger charge is 2.11. The molecule has 2 rings (SSSR count). The van der Waals surface area contributed by atoms with E-state index < -0.39 is 0 Å². The lowest BCUT2D eigenvalue weighted by Crippen LogP contribution is -2.24. The lowest BCUT2D eigenvalue weighted by atomic mass is 10.2. The second-order valence-electron chi connectivity index (χ2n) is 4.78. The lowest BCUT2D eigenvalue weighted by molar-refractivity contribution is 0.284. The number of nitrogens with zero attached hydrogens (tertiary/aromatic N) is 1. The smallest absolute Gasteiger partial charge is 0.184 e. The zero-order valence-electron chi connectivity index (χ0n) is 13.1. The van der Waals surface area contributed by atoms with Crippen molar-refractivity contribution in [1.29, 1.82) is 0 Å². The number of rotatable bonds is 6. The third-order valence-corrected chi connectivity index (χ3v) is 4.42. The van der Waals surface area contributed by atoms with E-state index in [1.807, 2.05) is 6.07 Å². The van der Waals surface area contributed by atoms with Gasteiger partial charge in [0.05, 0.1) is 13.3 Å². The highest BCUT2D eigenvalue weighted by Crippen LogP contribution is 2.34. The summed E-state index contributed by atoms with van der Waals surface area (Å²) in [5, 5.41) is 5.12. The molecule has 0 heterocycles. The van der Waals surface area contributed by atoms with E-state index >= 15 is 0 Å². The molecule has 2 aromatic carbocycles. The summed E-state index contributed by atoms with van der Waals surface area (Å²) in [6, 6.07) is 8.80. The third kappa shape index (κ3) is 5.74. The molecule has 0 bridgehead atoms. The first-order chi connectivity index (χ1) is 11.9. The number of benzene rings is 2. The molecule has 0 saturated carbocycles. The van der Waals surface area contributed by atoms with Crippen LogP contribution in [0.15, 0.2) is 39.9 Å². The van der Waals surface area contributed by atoms with Crippen LogP contribution in [0.5, 0.6) is 11.5 Å². The van der Waals surface area contributed by atoms with E-state index in [-0.39, 0.29) is 11.7 Å². The van der Waals surface area contributed by atoms with Gasteiger partial charge >= 0.3 is 0 Å². The zero-order valence-corrected chi connectivity index (χ0v) is 17.0. The normalized spacial score (nSPS) is 10.7. The van der Waals surface area contributed by atoms with Crippen molar-refractivity contribution in [2.75, 3.05) is 7.11 Å². The fourth-order valence-corrected chi connectivity index (χ4v) is 2.82. The Morgan fingerprint density at radius 3 is 2.72 bits per heavy atom. The maximum absolute atomic E-state index is 6.16. The molecule has 0 fully saturated rings. The van der Waals surface area contributed by atoms with Crippen LogP contribution in [0.2, 0.25) is 10.0 Å². The zero-order chi connectivity index (χ0) is 18.4. The van der Waals surface area contributed by atoms with Gasteiger partial charge in [-0.3, -0.25) is 5.43 Å². The molecule has 0 saturated heterocycles. The number of methoxy groups -OCH3 is 1. The van der Waals surface area contributed by atoms with Gasteiger partial charge in [-0.2, -0.15) is 5.10 Å². The van der Waals surface area contributed by atoms with Gasteiger partial charge in [0.2, 0.25) is 0 Å². The number of hydrogen-bond acceptors (Lipinski definition) is 4. The molecule has 0 radical (unpaired) electrons. The average molecular weight is 463 g/mol. The van der Waals surface area contributed by atoms with Gasteiger partial charge in [0.15, 0.2) is 16.6 Å². The quantitative estimate of drug-likeness (QED) is 0.375. The summed E-state index contributed by atoms with van der Waals surface area (Å²) in [6.45, 7) is 0.273. The number of halogens is 3. The summed E-state index contributed by atoms with van der Waals surface area (Å²) in [7, 11) is 1.56. The van der Waals surface area contributed by atoms with E-state index in [0.29, 0.717) is 21.5 Å². The van der Waals surface area contributed by atoms with E-state index in [2.05, 4.69) is 26.5 Å². The maximum Gasteiger partial charge on any atom is 0.184 e. The fraction of sp³-hybridized carbons (Fsp3) is 0.125. The Bertz CT molecular complexity index is 818. The topological polar surface area (TPSA) is 68.9 Å². The first-order valence-electron chi connectivity index (χ1n) is 6.93. The molecule has 9 heteroatoms. The predicted octanol–water partition coefficient (Wildman–Crippen LogP) is 4.51. The number of ether oxygens (including phenoxy) is 2. The fourth-order valence-electron chi connectivity index (χ4n) is 1.88. The number of hydrazone groups is 1. The van der Waals surface area contributed by atoms with Crippen molar-refractivity contribution < 1.29 is 9.47 Å². The highest BCUT2D eigenvalue weighted by molar-refractivity contribution is 9.10. The van der Waals surface area contributed by atoms with Crippen LogP contribution in [0.25, 0.3) is 0 Å². The Morgan fingerprint density at radius 1 is 1.32 bits per heavy atom. The van der Waals surface area contributed by atoms with Crippen LogP contribution < -0.4 is 20.6 Å². The van der Waals surface area contributed by atoms with Crippen LogP contribution >= 0.6 is 51.3 Å². The Labute approximate surface area is 169 Å². The second-order valence-corrected chi connectivity index (χ2v) is 6.92. The van der Waals surface area contributed by atoms with Crippen molar-refractivity contribution in [1.82, 2.24) is 5.43 Å². The first-order valence-corrected chi connectivity index (χ1v) is 8.89. The van der Waals surface area contributed by atoms with Gasteiger partial charge < -0.3 is 15.2 Å². The molecule has 0 atom stereocenters. The molecular formula is C16H14BrCl2N3O2S. The van der Waals surface area contributed by atoms with Crippen LogP contribution in [0.4, 0.5) is 0 Å². The molecule has 5 nitrogen and oxygen atoms in total. The summed E-state index contributed by atoms with van der Waals surface area (Å²) >= 11 is 20.2. The molecular weight excluding hydrogens is 449 g/mol. The Balaban J connectivity index is 2.19. The molecule has 0 amide bonds. The van der Waals surface area contributed by atoms with Crippen molar-refractivity contribution in [3.8, 4) is 11.5 Å². The lowest BCUT2D eigenvalue weighted by Gasteiger charge is -2.13. The van der Waals surface area contributed by atoms with Gasteiger partial charge in [-0.1, -0.05) is 29.3 Å². The molecule has 0 aromatic heterocycles. The van der Waals surface area contributed by atoms with Crippen LogP contribution in [0, 0.1) is 0 Å². The van der Waals surface area contributed by atoms with Crippen molar-refractivity contribution in [3.63, 3.8) is 0 Å². The number of nitrogens with one attached hydrogen (secondary N) is 1. The van der Waals surface area contributed by atoms with Gasteiger partial charge in [0.25, 0.3) is 0 Å². The SMILES string of the molecule is COc1cc(/C=N\NC(N)=S)c(Br)cc1OCc1ccc(Cl)cc1Cl. The van der Waals surface area contributed by atoms with Crippen molar-refractivity contribution in [2.45, 2.75) is 6.61 Å². The number of nitrogens with two attached hydrogens (primary N) is 1. The van der Waals surface area contributed by atoms with Gasteiger partial charge in [0.1, 0.15) is 6.61 Å². The maximum atomic E-state index is 6.16. The molecule has 2 aromatic rings. The molecule has 0 unspecified atom stereocenters. The van der Waals surface area contributed by atoms with E-state index in [9.17, 15) is 0 Å². The summed E-state index contributed by atoms with van der Waals surface area (Å²) in [5.74, 6) is 1.10. The molecule has 3 N–H and O–H groups in total. The van der Waals surface area contributed by atoms with Crippen molar-refractivity contribution >= 4 is 62.7 Å². The highest BCUT2D eigenvalue weighted by atomic mass is 79.9. The first kappa shape index (κ1) is 19.8. The van der Waals surface area contributed by atoms with Crippen LogP contribution in [-0.4, -0.2) is 18.4 Å². The monoisotopic (exact) mass is 461 g/mol. The van der Waals surface area contributed by atoms with Crippen LogP contribution in [0.3, 0.4) is 0 Å². The standard InChI is InChI=1S/C16H14BrCl2N3O2S/c1-23-14-4-10(7-21-22-16(20)25)12(17)6-15(14)24-8-9-2-3-11(18)5-13(9)19/h2-7H,8H2,1H3,(H3,20,22,25)/b21-7-. The minimum atomic E-state index is 0.0825. The summed E-state index contributed by atoms with van der Waals surface area (Å²) in [5.41, 5.74) is 9.39. The summed E-state index contributed by atoms with van der Waals surface area (Å²) in [4.78, 5) is 0. The summed E-state index contributed by atoms with van der Waals surface area (Å²) in [6.07, 6.45) is 1.56. The van der Waals surface area contributed by atoms with E-state index in [4.69, 9.17) is 50.6 Å². The van der Waals surface area contributed by atoms with Crippen LogP contribution in [-0.2, 0) is 6.61 Å². The Morgan fingerprint density at radius 2 is 2.08 bits per heavy atom. The molecule has 0 aliphatic rings. The van der Waals surface area contributed by atoms with Crippen molar-refractivity contribution in [3.05, 3.63) is 56.0 Å². The predicted molar refractivity (Wildman–Crippen MR) is 109 cm³/mol. The van der Waals surface area contributed by atoms with Gasteiger partial charge in [-0.15, -0.1) is 0 Å². The Kier molecular flexibility index (Phi) is 7.31. The Hall–Kier alpha value is -1.54. The van der Waals surface area contributed by atoms with Crippen molar-refractivity contribution in [2.24, 2.45) is 10.8 Å². The molecule has 0 aliphatic heterocycles. The van der Waals surface area contributed by atoms with E-state index in [0.717, 1.165) is 15.6 Å². The van der Waals surface area contributed by atoms with E-state index in [1.165, 1.54) is 0 Å². The minimum Gasteiger partial charge on any atom is -0.493 e. The minimum absolute atomic E-state index is 0.0825.